The van der Waals surface area contributed by atoms with Crippen LogP contribution in [0, 0.1) is 0 Å². The summed E-state index contributed by atoms with van der Waals surface area (Å²) in [6.45, 7) is 0. The zero-order chi connectivity index (χ0) is 7.68. The first kappa shape index (κ1) is 6.42. The maximum atomic E-state index is 5.70. The molecule has 11 heavy (non-hydrogen) atoms. The maximum Gasteiger partial charge on any atom is 0.0951 e. The number of nitrogens with one attached hydrogen (secondary N) is 1. The first-order chi connectivity index (χ1) is 5.38. The van der Waals surface area contributed by atoms with Gasteiger partial charge in [-0.2, -0.15) is 5.10 Å². The highest BCUT2D eigenvalue weighted by atomic mass is 32.1. The lowest BCUT2D eigenvalue weighted by Crippen LogP contribution is -1.82. The van der Waals surface area contributed by atoms with E-state index in [0.717, 1.165) is 16.3 Å². The molecule has 0 atom stereocenters. The molecule has 2 rings (SSSR count). The summed E-state index contributed by atoms with van der Waals surface area (Å²) >= 11 is 1.53. The average Bonchev–Trinajstić information content (AvgIpc) is 2.55. The van der Waals surface area contributed by atoms with Crippen molar-refractivity contribution in [3.8, 4) is 11.3 Å². The zero-order valence-corrected chi connectivity index (χ0v) is 6.56. The highest BCUT2D eigenvalue weighted by molar-refractivity contribution is 7.14. The summed E-state index contributed by atoms with van der Waals surface area (Å²) in [6.07, 6.45) is 1.71. The van der Waals surface area contributed by atoms with Crippen molar-refractivity contribution in [3.05, 3.63) is 23.7 Å². The third-order valence-electron chi connectivity index (χ3n) is 1.49. The van der Waals surface area contributed by atoms with E-state index in [0.29, 0.717) is 0 Å². The van der Waals surface area contributed by atoms with Gasteiger partial charge in [0.1, 0.15) is 0 Å². The van der Waals surface area contributed by atoms with Crippen molar-refractivity contribution >= 4 is 16.3 Å². The molecule has 0 unspecified atom stereocenters. The third kappa shape index (κ3) is 1.01. The van der Waals surface area contributed by atoms with E-state index in [2.05, 4.69) is 10.2 Å². The Morgan fingerprint density at radius 3 is 2.91 bits per heavy atom. The topological polar surface area (TPSA) is 54.7 Å². The normalized spacial score (nSPS) is 10.2. The maximum absolute atomic E-state index is 5.70. The second-order valence-corrected chi connectivity index (χ2v) is 3.12. The zero-order valence-electron chi connectivity index (χ0n) is 5.74. The molecular formula is C7H7N3S. The van der Waals surface area contributed by atoms with Gasteiger partial charge in [0.2, 0.25) is 0 Å². The molecule has 0 bridgehead atoms. The van der Waals surface area contributed by atoms with Gasteiger partial charge in [-0.15, -0.1) is 11.3 Å². The van der Waals surface area contributed by atoms with Crippen LogP contribution in [0.5, 0.6) is 0 Å². The van der Waals surface area contributed by atoms with E-state index in [4.69, 9.17) is 5.73 Å². The summed E-state index contributed by atoms with van der Waals surface area (Å²) in [5, 5.41) is 9.49. The molecule has 0 amide bonds. The Kier molecular flexibility index (Phi) is 1.40. The van der Waals surface area contributed by atoms with Gasteiger partial charge < -0.3 is 5.73 Å². The van der Waals surface area contributed by atoms with Gasteiger partial charge in [-0.1, -0.05) is 0 Å². The molecule has 2 heterocycles. The van der Waals surface area contributed by atoms with E-state index < -0.39 is 0 Å². The Morgan fingerprint density at radius 1 is 1.45 bits per heavy atom. The number of aromatic nitrogens is 2. The number of anilines is 1. The van der Waals surface area contributed by atoms with Crippen LogP contribution < -0.4 is 5.73 Å². The van der Waals surface area contributed by atoms with Crippen LogP contribution in [0.1, 0.15) is 0 Å². The first-order valence-corrected chi connectivity index (χ1v) is 4.08. The van der Waals surface area contributed by atoms with Gasteiger partial charge in [0.05, 0.1) is 10.7 Å². The Labute approximate surface area is 67.9 Å². The molecule has 3 N–H and O–H groups in total. The van der Waals surface area contributed by atoms with Crippen molar-refractivity contribution in [3.63, 3.8) is 0 Å². The molecule has 0 saturated heterocycles. The fourth-order valence-corrected chi connectivity index (χ4v) is 1.61. The first-order valence-electron chi connectivity index (χ1n) is 3.20. The van der Waals surface area contributed by atoms with E-state index in [1.165, 1.54) is 11.3 Å². The van der Waals surface area contributed by atoms with Crippen molar-refractivity contribution in [1.82, 2.24) is 10.2 Å². The van der Waals surface area contributed by atoms with E-state index in [-0.39, 0.29) is 0 Å². The van der Waals surface area contributed by atoms with Gasteiger partial charge in [0.25, 0.3) is 0 Å². The summed E-state index contributed by atoms with van der Waals surface area (Å²) < 4.78 is 0. The molecule has 0 aromatic carbocycles. The highest BCUT2D eigenvalue weighted by Crippen LogP contribution is 2.28. The van der Waals surface area contributed by atoms with Gasteiger partial charge in [0, 0.05) is 11.8 Å². The summed E-state index contributed by atoms with van der Waals surface area (Å²) in [6, 6.07) is 3.88. The lowest BCUT2D eigenvalue weighted by molar-refractivity contribution is 1.10. The van der Waals surface area contributed by atoms with Crippen LogP contribution in [0.15, 0.2) is 23.7 Å². The molecule has 0 spiro atoms. The Balaban J connectivity index is 2.53. The number of thiophene rings is 1. The highest BCUT2D eigenvalue weighted by Gasteiger charge is 2.02. The fraction of sp³-hybridized carbons (Fsp3) is 0. The van der Waals surface area contributed by atoms with Gasteiger partial charge in [-0.3, -0.25) is 5.10 Å². The second-order valence-electron chi connectivity index (χ2n) is 2.17. The minimum absolute atomic E-state index is 0.828. The summed E-state index contributed by atoms with van der Waals surface area (Å²) in [5.41, 5.74) is 7.71. The number of hydrogen-bond acceptors (Lipinski definition) is 3. The molecule has 56 valence electrons. The van der Waals surface area contributed by atoms with Crippen LogP contribution in [0.2, 0.25) is 0 Å². The smallest absolute Gasteiger partial charge is 0.0951 e. The van der Waals surface area contributed by atoms with E-state index in [1.807, 2.05) is 17.5 Å². The van der Waals surface area contributed by atoms with Gasteiger partial charge in [-0.05, 0) is 17.5 Å². The average molecular weight is 165 g/mol. The molecule has 0 aliphatic heterocycles. The molecule has 3 nitrogen and oxygen atoms in total. The van der Waals surface area contributed by atoms with Crippen molar-refractivity contribution in [1.29, 1.82) is 0 Å². The van der Waals surface area contributed by atoms with Crippen LogP contribution in [0.3, 0.4) is 0 Å². The lowest BCUT2D eigenvalue weighted by atomic mass is 10.2. The molecule has 0 saturated carbocycles. The predicted molar refractivity (Wildman–Crippen MR) is 46.3 cm³/mol. The monoisotopic (exact) mass is 165 g/mol. The minimum Gasteiger partial charge on any atom is -0.390 e. The third-order valence-corrected chi connectivity index (χ3v) is 2.23. The number of nitrogen functional groups attached to an aromatic ring is 1. The standard InChI is InChI=1S/C7H7N3S/c8-7-5(2-4-11-7)6-1-3-9-10-6/h1-4H,8H2,(H,9,10). The van der Waals surface area contributed by atoms with Crippen LogP contribution in [0.4, 0.5) is 5.00 Å². The van der Waals surface area contributed by atoms with Crippen LogP contribution >= 0.6 is 11.3 Å². The number of rotatable bonds is 1. The quantitative estimate of drug-likeness (QED) is 0.676. The van der Waals surface area contributed by atoms with Gasteiger partial charge in [0.15, 0.2) is 0 Å². The van der Waals surface area contributed by atoms with Gasteiger partial charge in [-0.25, -0.2) is 0 Å². The number of nitrogens with zero attached hydrogens (tertiary/aromatic N) is 1. The molecule has 0 fully saturated rings. The molecule has 0 radical (unpaired) electrons. The van der Waals surface area contributed by atoms with Crippen molar-refractivity contribution in [2.45, 2.75) is 0 Å². The number of nitrogens with two attached hydrogens (primary N) is 1. The van der Waals surface area contributed by atoms with E-state index in [1.54, 1.807) is 6.20 Å². The van der Waals surface area contributed by atoms with E-state index >= 15 is 0 Å². The number of hydrogen-bond donors (Lipinski definition) is 2. The van der Waals surface area contributed by atoms with Crippen LogP contribution in [-0.2, 0) is 0 Å². The van der Waals surface area contributed by atoms with Crippen molar-refractivity contribution in [2.75, 3.05) is 5.73 Å². The van der Waals surface area contributed by atoms with Crippen molar-refractivity contribution in [2.24, 2.45) is 0 Å². The molecular weight excluding hydrogens is 158 g/mol. The molecule has 2 aromatic rings. The Bertz CT molecular complexity index is 336. The van der Waals surface area contributed by atoms with Crippen LogP contribution in [-0.4, -0.2) is 10.2 Å². The number of aromatic amines is 1. The van der Waals surface area contributed by atoms with Gasteiger partial charge >= 0.3 is 0 Å². The molecule has 2 aromatic heterocycles. The second kappa shape index (κ2) is 2.39. The minimum atomic E-state index is 0.828. The van der Waals surface area contributed by atoms with Crippen molar-refractivity contribution < 1.29 is 0 Å². The van der Waals surface area contributed by atoms with E-state index in [9.17, 15) is 0 Å². The predicted octanol–water partition coefficient (Wildman–Crippen LogP) is 1.72. The largest absolute Gasteiger partial charge is 0.390 e. The van der Waals surface area contributed by atoms with Crippen LogP contribution in [0.25, 0.3) is 11.3 Å². The summed E-state index contributed by atoms with van der Waals surface area (Å²) in [4.78, 5) is 0. The Hall–Kier alpha value is -1.29. The summed E-state index contributed by atoms with van der Waals surface area (Å²) in [5.74, 6) is 0. The molecule has 0 aliphatic rings. The number of H-pyrrole nitrogens is 1. The SMILES string of the molecule is Nc1sccc1-c1ccn[nH]1. The molecule has 0 aliphatic carbocycles. The summed E-state index contributed by atoms with van der Waals surface area (Å²) in [7, 11) is 0. The fourth-order valence-electron chi connectivity index (χ4n) is 0.949. The lowest BCUT2D eigenvalue weighted by Gasteiger charge is -1.92. The molecule has 4 heteroatoms. The Morgan fingerprint density at radius 2 is 2.36 bits per heavy atom.